The van der Waals surface area contributed by atoms with Gasteiger partial charge < -0.3 is 5.11 Å². The van der Waals surface area contributed by atoms with E-state index in [4.69, 9.17) is 0 Å². The Hall–Kier alpha value is -0.600. The topological polar surface area (TPSA) is 20.2 Å². The lowest BCUT2D eigenvalue weighted by Crippen LogP contribution is -2.01. The average Bonchev–Trinajstić information content (AvgIpc) is 2.14. The minimum absolute atomic E-state index is 0.0994. The van der Waals surface area contributed by atoms with Gasteiger partial charge in [-0.3, -0.25) is 0 Å². The summed E-state index contributed by atoms with van der Waals surface area (Å²) in [6, 6.07) is 7.72. The predicted molar refractivity (Wildman–Crippen MR) is 67.7 cm³/mol. The summed E-state index contributed by atoms with van der Waals surface area (Å²) in [5.74, 6) is 0. The summed E-state index contributed by atoms with van der Waals surface area (Å²) in [6.45, 7) is 6.32. The first-order valence-electron chi connectivity index (χ1n) is 5.02. The van der Waals surface area contributed by atoms with Gasteiger partial charge in [-0.2, -0.15) is 0 Å². The van der Waals surface area contributed by atoms with Crippen LogP contribution in [0.15, 0.2) is 40.9 Å². The van der Waals surface area contributed by atoms with E-state index in [1.165, 1.54) is 0 Å². The molecule has 0 aliphatic rings. The van der Waals surface area contributed by atoms with Crippen molar-refractivity contribution in [3.8, 4) is 0 Å². The van der Waals surface area contributed by atoms with E-state index in [1.54, 1.807) is 0 Å². The predicted octanol–water partition coefficient (Wildman–Crippen LogP) is 4.08. The second-order valence-corrected chi connectivity index (χ2v) is 5.55. The van der Waals surface area contributed by atoms with Crippen LogP contribution < -0.4 is 0 Å². The van der Waals surface area contributed by atoms with E-state index in [0.29, 0.717) is 0 Å². The van der Waals surface area contributed by atoms with E-state index in [2.05, 4.69) is 36.7 Å². The van der Waals surface area contributed by atoms with Gasteiger partial charge in [0.25, 0.3) is 0 Å². The third-order valence-electron chi connectivity index (χ3n) is 2.00. The molecular weight excluding hydrogens is 252 g/mol. The highest BCUT2D eigenvalue weighted by molar-refractivity contribution is 9.10. The first-order chi connectivity index (χ1) is 6.90. The second-order valence-electron chi connectivity index (χ2n) is 4.69. The summed E-state index contributed by atoms with van der Waals surface area (Å²) in [4.78, 5) is 0. The highest BCUT2D eigenvalue weighted by atomic mass is 79.9. The molecule has 1 aromatic carbocycles. The van der Waals surface area contributed by atoms with Gasteiger partial charge >= 0.3 is 0 Å². The number of benzene rings is 1. The van der Waals surface area contributed by atoms with Crippen LogP contribution >= 0.6 is 15.9 Å². The first kappa shape index (κ1) is 12.5. The molecule has 0 saturated heterocycles. The van der Waals surface area contributed by atoms with Crippen LogP contribution in [0.25, 0.3) is 0 Å². The Morgan fingerprint density at radius 2 is 1.87 bits per heavy atom. The third kappa shape index (κ3) is 4.18. The molecule has 2 heteroatoms. The van der Waals surface area contributed by atoms with Gasteiger partial charge in [-0.05, 0) is 17.0 Å². The lowest BCUT2D eigenvalue weighted by Gasteiger charge is -2.14. The zero-order valence-corrected chi connectivity index (χ0v) is 11.0. The Kier molecular flexibility index (Phi) is 4.12. The summed E-state index contributed by atoms with van der Waals surface area (Å²) in [5.41, 5.74) is 1.00. The van der Waals surface area contributed by atoms with Gasteiger partial charge in [-0.1, -0.05) is 67.1 Å². The maximum Gasteiger partial charge on any atom is 0.0982 e. The molecule has 0 aliphatic carbocycles. The first-order valence-corrected chi connectivity index (χ1v) is 5.81. The molecule has 0 aliphatic heterocycles. The standard InChI is InChI=1S/C13H17BrO/c1-13(2,3)9-8-12(15)10-6-4-5-7-11(10)14/h4-9,12,15H,1-3H3/b9-8+. The maximum atomic E-state index is 9.95. The number of rotatable bonds is 2. The van der Waals surface area contributed by atoms with Crippen molar-refractivity contribution < 1.29 is 5.11 Å². The number of hydrogen-bond acceptors (Lipinski definition) is 1. The zero-order valence-electron chi connectivity index (χ0n) is 9.37. The van der Waals surface area contributed by atoms with Crippen molar-refractivity contribution in [3.05, 3.63) is 46.5 Å². The van der Waals surface area contributed by atoms with E-state index in [9.17, 15) is 5.11 Å². The van der Waals surface area contributed by atoms with Gasteiger partial charge in [0.2, 0.25) is 0 Å². The molecule has 0 heterocycles. The molecule has 0 saturated carbocycles. The van der Waals surface area contributed by atoms with Crippen molar-refractivity contribution in [2.45, 2.75) is 26.9 Å². The van der Waals surface area contributed by atoms with E-state index in [-0.39, 0.29) is 5.41 Å². The van der Waals surface area contributed by atoms with Crippen LogP contribution in [0.1, 0.15) is 32.4 Å². The molecule has 0 spiro atoms. The van der Waals surface area contributed by atoms with E-state index >= 15 is 0 Å². The van der Waals surface area contributed by atoms with Gasteiger partial charge in [0, 0.05) is 4.47 Å². The van der Waals surface area contributed by atoms with Crippen molar-refractivity contribution >= 4 is 15.9 Å². The largest absolute Gasteiger partial charge is 0.384 e. The van der Waals surface area contributed by atoms with Gasteiger partial charge in [0.05, 0.1) is 6.10 Å². The Morgan fingerprint density at radius 1 is 1.27 bits per heavy atom. The molecule has 1 N–H and O–H groups in total. The molecule has 1 atom stereocenters. The number of allylic oxidation sites excluding steroid dienone is 1. The van der Waals surface area contributed by atoms with Crippen molar-refractivity contribution in [1.82, 2.24) is 0 Å². The van der Waals surface area contributed by atoms with Crippen LogP contribution in [0.4, 0.5) is 0 Å². The summed E-state index contributed by atoms with van der Waals surface area (Å²) in [6.07, 6.45) is 3.32. The second kappa shape index (κ2) is 4.95. The van der Waals surface area contributed by atoms with Crippen LogP contribution in [0.2, 0.25) is 0 Å². The summed E-state index contributed by atoms with van der Waals surface area (Å²) in [7, 11) is 0. The molecular formula is C13H17BrO. The van der Waals surface area contributed by atoms with Crippen molar-refractivity contribution in [1.29, 1.82) is 0 Å². The fraction of sp³-hybridized carbons (Fsp3) is 0.385. The smallest absolute Gasteiger partial charge is 0.0982 e. The van der Waals surface area contributed by atoms with E-state index in [0.717, 1.165) is 10.0 Å². The number of hydrogen-bond donors (Lipinski definition) is 1. The van der Waals surface area contributed by atoms with Gasteiger partial charge in [-0.15, -0.1) is 0 Å². The molecule has 0 fully saturated rings. The van der Waals surface area contributed by atoms with E-state index < -0.39 is 6.10 Å². The molecule has 0 bridgehead atoms. The molecule has 15 heavy (non-hydrogen) atoms. The highest BCUT2D eigenvalue weighted by Gasteiger charge is 2.09. The third-order valence-corrected chi connectivity index (χ3v) is 2.72. The minimum atomic E-state index is -0.542. The summed E-state index contributed by atoms with van der Waals surface area (Å²) in [5, 5.41) is 9.95. The Bertz CT molecular complexity index is 350. The highest BCUT2D eigenvalue weighted by Crippen LogP contribution is 2.25. The Balaban J connectivity index is 2.82. The molecule has 0 radical (unpaired) electrons. The molecule has 1 aromatic rings. The molecule has 1 nitrogen and oxygen atoms in total. The fourth-order valence-electron chi connectivity index (χ4n) is 1.20. The molecule has 1 unspecified atom stereocenters. The Morgan fingerprint density at radius 3 is 2.40 bits per heavy atom. The van der Waals surface area contributed by atoms with Crippen LogP contribution in [0.5, 0.6) is 0 Å². The van der Waals surface area contributed by atoms with Crippen molar-refractivity contribution in [2.75, 3.05) is 0 Å². The summed E-state index contributed by atoms with van der Waals surface area (Å²) < 4.78 is 0.941. The van der Waals surface area contributed by atoms with Crippen LogP contribution in [0.3, 0.4) is 0 Å². The van der Waals surface area contributed by atoms with Crippen LogP contribution in [-0.4, -0.2) is 5.11 Å². The monoisotopic (exact) mass is 268 g/mol. The van der Waals surface area contributed by atoms with E-state index in [1.807, 2.05) is 36.4 Å². The number of aliphatic hydroxyl groups is 1. The maximum absolute atomic E-state index is 9.95. The van der Waals surface area contributed by atoms with Crippen molar-refractivity contribution in [2.24, 2.45) is 5.41 Å². The number of halogens is 1. The molecule has 0 aromatic heterocycles. The Labute approximate surface area is 100.0 Å². The fourth-order valence-corrected chi connectivity index (χ4v) is 1.72. The zero-order chi connectivity index (χ0) is 11.5. The van der Waals surface area contributed by atoms with Gasteiger partial charge in [0.15, 0.2) is 0 Å². The van der Waals surface area contributed by atoms with Gasteiger partial charge in [0.1, 0.15) is 0 Å². The lowest BCUT2D eigenvalue weighted by molar-refractivity contribution is 0.226. The molecule has 1 rings (SSSR count). The molecule has 82 valence electrons. The quantitative estimate of drug-likeness (QED) is 0.802. The average molecular weight is 269 g/mol. The normalized spacial score (nSPS) is 14.5. The summed E-state index contributed by atoms with van der Waals surface area (Å²) >= 11 is 3.42. The SMILES string of the molecule is CC(C)(C)/C=C/C(O)c1ccccc1Br. The number of aliphatic hydroxyl groups excluding tert-OH is 1. The lowest BCUT2D eigenvalue weighted by atomic mass is 9.95. The van der Waals surface area contributed by atoms with Gasteiger partial charge in [-0.25, -0.2) is 0 Å². The molecule has 0 amide bonds. The van der Waals surface area contributed by atoms with Crippen molar-refractivity contribution in [3.63, 3.8) is 0 Å². The van der Waals surface area contributed by atoms with Crippen LogP contribution in [0, 0.1) is 5.41 Å². The van der Waals surface area contributed by atoms with Crippen LogP contribution in [-0.2, 0) is 0 Å². The minimum Gasteiger partial charge on any atom is -0.384 e.